The van der Waals surface area contributed by atoms with Crippen LogP contribution in [0.2, 0.25) is 0 Å². The zero-order chi connectivity index (χ0) is 23.3. The Labute approximate surface area is 193 Å². The van der Waals surface area contributed by atoms with Gasteiger partial charge in [-0.25, -0.2) is 0 Å². The summed E-state index contributed by atoms with van der Waals surface area (Å²) in [6.45, 7) is 5.67. The molecule has 0 radical (unpaired) electrons. The van der Waals surface area contributed by atoms with Crippen LogP contribution in [-0.2, 0) is 11.3 Å². The number of pyridine rings is 1. The van der Waals surface area contributed by atoms with Crippen molar-refractivity contribution in [1.29, 1.82) is 5.26 Å². The summed E-state index contributed by atoms with van der Waals surface area (Å²) in [5.74, 6) is 0.883. The van der Waals surface area contributed by atoms with Crippen LogP contribution < -0.4 is 11.5 Å². The van der Waals surface area contributed by atoms with Gasteiger partial charge in [0.05, 0.1) is 17.2 Å². The molecular formula is C24H27ClN6O. The molecule has 1 aromatic carbocycles. The first-order valence-electron chi connectivity index (χ1n) is 10.3. The molecule has 0 bridgehead atoms. The summed E-state index contributed by atoms with van der Waals surface area (Å²) in [7, 11) is 0. The molecule has 3 aromatic rings. The lowest BCUT2D eigenvalue weighted by molar-refractivity contribution is 0.347. The molecule has 3 unspecified atom stereocenters. The molecule has 0 aliphatic rings. The van der Waals surface area contributed by atoms with Crippen LogP contribution in [0.3, 0.4) is 0 Å². The second-order valence-corrected chi connectivity index (χ2v) is 8.53. The number of nitrogens with two attached hydrogens (primary N) is 2. The topological polar surface area (TPSA) is 127 Å². The Morgan fingerprint density at radius 3 is 2.59 bits per heavy atom. The van der Waals surface area contributed by atoms with Gasteiger partial charge in [0.2, 0.25) is 0 Å². The quantitative estimate of drug-likeness (QED) is 0.385. The lowest BCUT2D eigenvalue weighted by atomic mass is 9.88. The summed E-state index contributed by atoms with van der Waals surface area (Å²) >= 11 is 5.84. The van der Waals surface area contributed by atoms with Crippen LogP contribution in [0.5, 0.6) is 0 Å². The molecule has 7 nitrogen and oxygen atoms in total. The SMILES string of the molecule is CC(C=NC(N)C(N)c1cc(-c2ccc(CCl)cc2)no1)c1ccnc(C(C)(C)C#N)c1. The molecule has 0 amide bonds. The normalized spacial score (nSPS) is 14.8. The monoisotopic (exact) mass is 450 g/mol. The van der Waals surface area contributed by atoms with Crippen LogP contribution in [0.15, 0.2) is 58.2 Å². The van der Waals surface area contributed by atoms with Gasteiger partial charge in [-0.1, -0.05) is 36.3 Å². The number of alkyl halides is 1. The van der Waals surface area contributed by atoms with E-state index in [0.29, 0.717) is 23.0 Å². The Balaban J connectivity index is 1.69. The summed E-state index contributed by atoms with van der Waals surface area (Å²) in [4.78, 5) is 8.76. The number of nitriles is 1. The summed E-state index contributed by atoms with van der Waals surface area (Å²) < 4.78 is 5.42. The van der Waals surface area contributed by atoms with E-state index in [4.69, 9.17) is 27.6 Å². The number of aromatic nitrogens is 2. The van der Waals surface area contributed by atoms with Crippen LogP contribution in [-0.4, -0.2) is 22.5 Å². The van der Waals surface area contributed by atoms with Crippen molar-refractivity contribution in [3.8, 4) is 17.3 Å². The fourth-order valence-electron chi connectivity index (χ4n) is 3.05. The third-order valence-electron chi connectivity index (χ3n) is 5.34. The molecule has 0 spiro atoms. The van der Waals surface area contributed by atoms with Gasteiger partial charge in [-0.05, 0) is 37.1 Å². The summed E-state index contributed by atoms with van der Waals surface area (Å²) in [5.41, 5.74) is 16.1. The van der Waals surface area contributed by atoms with Gasteiger partial charge in [0.15, 0.2) is 5.76 Å². The maximum Gasteiger partial charge on any atom is 0.157 e. The van der Waals surface area contributed by atoms with Crippen molar-refractivity contribution in [1.82, 2.24) is 10.1 Å². The van der Waals surface area contributed by atoms with Crippen LogP contribution >= 0.6 is 11.6 Å². The van der Waals surface area contributed by atoms with Crippen molar-refractivity contribution in [3.63, 3.8) is 0 Å². The first kappa shape index (κ1) is 23.6. The lowest BCUT2D eigenvalue weighted by Gasteiger charge is -2.17. The van der Waals surface area contributed by atoms with E-state index in [9.17, 15) is 5.26 Å². The largest absolute Gasteiger partial charge is 0.359 e. The third-order valence-corrected chi connectivity index (χ3v) is 5.65. The Morgan fingerprint density at radius 2 is 1.94 bits per heavy atom. The molecule has 3 atom stereocenters. The predicted molar refractivity (Wildman–Crippen MR) is 126 cm³/mol. The van der Waals surface area contributed by atoms with E-state index in [1.807, 2.05) is 57.2 Å². The predicted octanol–water partition coefficient (Wildman–Crippen LogP) is 4.44. The Bertz CT molecular complexity index is 1120. The first-order chi connectivity index (χ1) is 15.2. The van der Waals surface area contributed by atoms with Crippen molar-refractivity contribution in [2.75, 3.05) is 0 Å². The molecule has 3 rings (SSSR count). The van der Waals surface area contributed by atoms with E-state index in [-0.39, 0.29) is 5.92 Å². The molecule has 2 aromatic heterocycles. The van der Waals surface area contributed by atoms with Crippen molar-refractivity contribution < 1.29 is 4.52 Å². The van der Waals surface area contributed by atoms with Gasteiger partial charge in [-0.15, -0.1) is 11.6 Å². The number of aliphatic imine (C=N–C) groups is 1. The highest BCUT2D eigenvalue weighted by Crippen LogP contribution is 2.25. The van der Waals surface area contributed by atoms with Crippen LogP contribution in [0.25, 0.3) is 11.3 Å². The average Bonchev–Trinajstić information content (AvgIpc) is 3.32. The number of hydrogen-bond donors (Lipinski definition) is 2. The maximum absolute atomic E-state index is 9.35. The molecule has 166 valence electrons. The summed E-state index contributed by atoms with van der Waals surface area (Å²) in [6.07, 6.45) is 2.76. The maximum atomic E-state index is 9.35. The van der Waals surface area contributed by atoms with Gasteiger partial charge in [0.1, 0.15) is 17.9 Å². The smallest absolute Gasteiger partial charge is 0.157 e. The number of rotatable bonds is 8. The minimum Gasteiger partial charge on any atom is -0.359 e. The number of halogens is 1. The zero-order valence-electron chi connectivity index (χ0n) is 18.4. The number of benzene rings is 1. The number of nitrogens with zero attached hydrogens (tertiary/aromatic N) is 4. The Kier molecular flexibility index (Phi) is 7.41. The third kappa shape index (κ3) is 5.40. The van der Waals surface area contributed by atoms with Gasteiger partial charge < -0.3 is 16.0 Å². The van der Waals surface area contributed by atoms with E-state index in [0.717, 1.165) is 16.7 Å². The molecule has 2 heterocycles. The number of hydrogen-bond acceptors (Lipinski definition) is 7. The van der Waals surface area contributed by atoms with Crippen molar-refractivity contribution in [2.45, 2.75) is 50.2 Å². The zero-order valence-corrected chi connectivity index (χ0v) is 19.1. The van der Waals surface area contributed by atoms with E-state index < -0.39 is 17.6 Å². The molecule has 8 heteroatoms. The average molecular weight is 451 g/mol. The van der Waals surface area contributed by atoms with Crippen LogP contribution in [0.4, 0.5) is 0 Å². The van der Waals surface area contributed by atoms with Crippen molar-refractivity contribution in [2.24, 2.45) is 16.5 Å². The fourth-order valence-corrected chi connectivity index (χ4v) is 3.23. The van der Waals surface area contributed by atoms with E-state index >= 15 is 0 Å². The van der Waals surface area contributed by atoms with Gasteiger partial charge in [-0.2, -0.15) is 5.26 Å². The van der Waals surface area contributed by atoms with E-state index in [1.54, 1.807) is 18.5 Å². The Morgan fingerprint density at radius 1 is 1.22 bits per heavy atom. The lowest BCUT2D eigenvalue weighted by Crippen LogP contribution is -2.32. The second-order valence-electron chi connectivity index (χ2n) is 8.26. The molecule has 0 aliphatic carbocycles. The van der Waals surface area contributed by atoms with Crippen LogP contribution in [0, 0.1) is 11.3 Å². The van der Waals surface area contributed by atoms with Gasteiger partial charge in [0, 0.05) is 35.8 Å². The molecule has 0 saturated heterocycles. The van der Waals surface area contributed by atoms with Crippen LogP contribution in [0.1, 0.15) is 55.3 Å². The van der Waals surface area contributed by atoms with Gasteiger partial charge in [-0.3, -0.25) is 9.98 Å². The van der Waals surface area contributed by atoms with Crippen molar-refractivity contribution in [3.05, 3.63) is 71.2 Å². The van der Waals surface area contributed by atoms with E-state index in [1.165, 1.54) is 0 Å². The summed E-state index contributed by atoms with van der Waals surface area (Å²) in [6, 6.07) is 15.0. The van der Waals surface area contributed by atoms with E-state index in [2.05, 4.69) is 21.2 Å². The highest BCUT2D eigenvalue weighted by molar-refractivity contribution is 6.17. The molecule has 32 heavy (non-hydrogen) atoms. The molecular weight excluding hydrogens is 424 g/mol. The fraction of sp³-hybridized carbons (Fsp3) is 0.333. The van der Waals surface area contributed by atoms with Crippen molar-refractivity contribution >= 4 is 17.8 Å². The van der Waals surface area contributed by atoms with Gasteiger partial charge >= 0.3 is 0 Å². The summed E-state index contributed by atoms with van der Waals surface area (Å²) in [5, 5.41) is 13.5. The molecule has 4 N–H and O–H groups in total. The highest BCUT2D eigenvalue weighted by atomic mass is 35.5. The highest BCUT2D eigenvalue weighted by Gasteiger charge is 2.23. The second kappa shape index (κ2) is 10.0. The molecule has 0 saturated carbocycles. The first-order valence-corrected chi connectivity index (χ1v) is 10.8. The minimum absolute atomic E-state index is 0.0322. The minimum atomic E-state index is -0.700. The standard InChI is InChI=1S/C24H27ClN6O/c1-15(18-8-9-29-21(10-18)24(2,3)14-26)13-30-23(28)22(27)20-11-19(31-32-20)17-6-4-16(12-25)5-7-17/h4-11,13,15,22-23H,12,27-28H2,1-3H3. The molecule has 0 aliphatic heterocycles. The molecule has 0 fully saturated rings. The Hall–Kier alpha value is -3.05. The van der Waals surface area contributed by atoms with Gasteiger partial charge in [0.25, 0.3) is 0 Å².